The van der Waals surface area contributed by atoms with E-state index in [4.69, 9.17) is 9.47 Å². The Hall–Kier alpha value is -2.48. The van der Waals surface area contributed by atoms with E-state index in [-0.39, 0.29) is 37.3 Å². The third kappa shape index (κ3) is 3.73. The number of fused-ring (bicyclic) bond motifs is 1. The van der Waals surface area contributed by atoms with E-state index >= 15 is 0 Å². The average molecular weight is 401 g/mol. The molecule has 7 heteroatoms. The van der Waals surface area contributed by atoms with E-state index in [1.807, 2.05) is 30.3 Å². The second-order valence-corrected chi connectivity index (χ2v) is 8.48. The molecule has 3 aromatic rings. The van der Waals surface area contributed by atoms with E-state index in [0.717, 1.165) is 0 Å². The zero-order valence-electron chi connectivity index (χ0n) is 15.1. The number of sulfonamides is 1. The highest BCUT2D eigenvalue weighted by Gasteiger charge is 2.32. The van der Waals surface area contributed by atoms with Gasteiger partial charge in [0.25, 0.3) is 0 Å². The molecule has 0 bridgehead atoms. The second-order valence-electron chi connectivity index (χ2n) is 6.57. The Balaban J connectivity index is 1.55. The van der Waals surface area contributed by atoms with Gasteiger partial charge in [0.05, 0.1) is 11.5 Å². The topological polar surface area (TPSA) is 55.8 Å². The molecule has 1 fully saturated rings. The van der Waals surface area contributed by atoms with Crippen molar-refractivity contribution in [1.82, 2.24) is 4.31 Å². The van der Waals surface area contributed by atoms with Crippen molar-refractivity contribution in [2.24, 2.45) is 0 Å². The summed E-state index contributed by atoms with van der Waals surface area (Å²) in [5.74, 6) is 0.265. The van der Waals surface area contributed by atoms with Gasteiger partial charge in [-0.25, -0.2) is 12.8 Å². The fourth-order valence-electron chi connectivity index (χ4n) is 3.32. The van der Waals surface area contributed by atoms with Crippen LogP contribution in [0.1, 0.15) is 0 Å². The highest BCUT2D eigenvalue weighted by Crippen LogP contribution is 2.28. The van der Waals surface area contributed by atoms with Crippen LogP contribution in [0.25, 0.3) is 10.8 Å². The van der Waals surface area contributed by atoms with Crippen LogP contribution in [-0.2, 0) is 14.8 Å². The van der Waals surface area contributed by atoms with Crippen molar-refractivity contribution in [1.29, 1.82) is 0 Å². The number of benzene rings is 3. The summed E-state index contributed by atoms with van der Waals surface area (Å²) in [5, 5.41) is 0.673. The van der Waals surface area contributed by atoms with Crippen LogP contribution in [0.5, 0.6) is 5.75 Å². The summed E-state index contributed by atoms with van der Waals surface area (Å²) >= 11 is 0. The van der Waals surface area contributed by atoms with Crippen molar-refractivity contribution in [3.63, 3.8) is 0 Å². The standard InChI is InChI=1S/C21H20FNO4S/c22-20-10-11-21(19-9-5-4-8-18(19)20)28(24,25)23-12-13-26-17(14-23)15-27-16-6-2-1-3-7-16/h1-11,17H,12-15H2. The molecule has 5 nitrogen and oxygen atoms in total. The van der Waals surface area contributed by atoms with Gasteiger partial charge in [0.15, 0.2) is 0 Å². The third-order valence-electron chi connectivity index (χ3n) is 4.73. The number of rotatable bonds is 5. The van der Waals surface area contributed by atoms with Crippen LogP contribution in [0.15, 0.2) is 71.6 Å². The number of para-hydroxylation sites is 1. The molecule has 0 spiro atoms. The summed E-state index contributed by atoms with van der Waals surface area (Å²) in [6.07, 6.45) is -0.379. The van der Waals surface area contributed by atoms with Crippen LogP contribution in [0.4, 0.5) is 4.39 Å². The molecule has 0 aromatic heterocycles. The minimum Gasteiger partial charge on any atom is -0.491 e. The minimum atomic E-state index is -3.79. The predicted molar refractivity (Wildman–Crippen MR) is 104 cm³/mol. The van der Waals surface area contributed by atoms with Crippen LogP contribution in [0, 0.1) is 5.82 Å². The first-order valence-electron chi connectivity index (χ1n) is 9.02. The number of hydrogen-bond acceptors (Lipinski definition) is 4. The molecule has 1 aliphatic rings. The molecule has 1 saturated heterocycles. The highest BCUT2D eigenvalue weighted by molar-refractivity contribution is 7.89. The summed E-state index contributed by atoms with van der Waals surface area (Å²) in [7, 11) is -3.79. The molecular weight excluding hydrogens is 381 g/mol. The molecule has 3 aromatic carbocycles. The summed E-state index contributed by atoms with van der Waals surface area (Å²) in [6.45, 7) is 0.956. The fraction of sp³-hybridized carbons (Fsp3) is 0.238. The summed E-state index contributed by atoms with van der Waals surface area (Å²) in [5.41, 5.74) is 0. The van der Waals surface area contributed by atoms with Gasteiger partial charge in [-0.05, 0) is 24.3 Å². The van der Waals surface area contributed by atoms with E-state index in [0.29, 0.717) is 16.5 Å². The summed E-state index contributed by atoms with van der Waals surface area (Å²) < 4.78 is 53.3. The smallest absolute Gasteiger partial charge is 0.243 e. The lowest BCUT2D eigenvalue weighted by molar-refractivity contribution is -0.0249. The molecule has 1 aliphatic heterocycles. The van der Waals surface area contributed by atoms with Crippen LogP contribution >= 0.6 is 0 Å². The lowest BCUT2D eigenvalue weighted by Crippen LogP contribution is -2.47. The van der Waals surface area contributed by atoms with Gasteiger partial charge >= 0.3 is 0 Å². The highest BCUT2D eigenvalue weighted by atomic mass is 32.2. The maximum Gasteiger partial charge on any atom is 0.243 e. The van der Waals surface area contributed by atoms with Gasteiger partial charge in [-0.3, -0.25) is 0 Å². The lowest BCUT2D eigenvalue weighted by atomic mass is 10.1. The predicted octanol–water partition coefficient (Wildman–Crippen LogP) is 3.45. The van der Waals surface area contributed by atoms with Crippen molar-refractivity contribution in [3.8, 4) is 5.75 Å². The van der Waals surface area contributed by atoms with E-state index in [9.17, 15) is 12.8 Å². The molecule has 0 amide bonds. The Morgan fingerprint density at radius 3 is 2.50 bits per heavy atom. The molecular formula is C21H20FNO4S. The molecule has 1 heterocycles. The molecule has 0 aliphatic carbocycles. The van der Waals surface area contributed by atoms with Crippen molar-refractivity contribution in [2.75, 3.05) is 26.3 Å². The van der Waals surface area contributed by atoms with Crippen LogP contribution in [0.3, 0.4) is 0 Å². The monoisotopic (exact) mass is 401 g/mol. The molecule has 146 valence electrons. The van der Waals surface area contributed by atoms with Crippen LogP contribution in [0.2, 0.25) is 0 Å². The molecule has 1 unspecified atom stereocenters. The first kappa shape index (κ1) is 18.9. The molecule has 28 heavy (non-hydrogen) atoms. The number of ether oxygens (including phenoxy) is 2. The van der Waals surface area contributed by atoms with Gasteiger partial charge in [0.2, 0.25) is 10.0 Å². The largest absolute Gasteiger partial charge is 0.491 e. The van der Waals surface area contributed by atoms with Crippen molar-refractivity contribution < 1.29 is 22.3 Å². The van der Waals surface area contributed by atoms with E-state index in [1.54, 1.807) is 24.3 Å². The van der Waals surface area contributed by atoms with Gasteiger partial charge in [-0.15, -0.1) is 0 Å². The van der Waals surface area contributed by atoms with E-state index in [2.05, 4.69) is 0 Å². The first-order chi connectivity index (χ1) is 13.6. The Labute approximate surface area is 163 Å². The molecule has 0 N–H and O–H groups in total. The minimum absolute atomic E-state index is 0.106. The fourth-order valence-corrected chi connectivity index (χ4v) is 4.97. The van der Waals surface area contributed by atoms with E-state index < -0.39 is 15.8 Å². The van der Waals surface area contributed by atoms with Gasteiger partial charge in [-0.1, -0.05) is 42.5 Å². The van der Waals surface area contributed by atoms with Crippen molar-refractivity contribution in [2.45, 2.75) is 11.0 Å². The number of halogens is 1. The van der Waals surface area contributed by atoms with Gasteiger partial charge in [0, 0.05) is 23.9 Å². The Morgan fingerprint density at radius 2 is 1.71 bits per heavy atom. The maximum atomic E-state index is 14.1. The molecule has 1 atom stereocenters. The van der Waals surface area contributed by atoms with Crippen molar-refractivity contribution >= 4 is 20.8 Å². The zero-order chi connectivity index (χ0) is 19.6. The summed E-state index contributed by atoms with van der Waals surface area (Å²) in [6, 6.07) is 18.4. The normalized spacial score (nSPS) is 18.2. The molecule has 4 rings (SSSR count). The Kier molecular flexibility index (Phi) is 5.30. The second kappa shape index (κ2) is 7.87. The number of morpholine rings is 1. The number of hydrogen-bond donors (Lipinski definition) is 0. The van der Waals surface area contributed by atoms with Gasteiger partial charge in [0.1, 0.15) is 24.3 Å². The summed E-state index contributed by atoms with van der Waals surface area (Å²) in [4.78, 5) is 0.106. The van der Waals surface area contributed by atoms with Crippen LogP contribution in [-0.4, -0.2) is 45.1 Å². The Bertz CT molecular complexity index is 1070. The van der Waals surface area contributed by atoms with Gasteiger partial charge < -0.3 is 9.47 Å². The van der Waals surface area contributed by atoms with Crippen LogP contribution < -0.4 is 4.74 Å². The lowest BCUT2D eigenvalue weighted by Gasteiger charge is -2.32. The van der Waals surface area contributed by atoms with Gasteiger partial charge in [-0.2, -0.15) is 4.31 Å². The molecule has 0 saturated carbocycles. The average Bonchev–Trinajstić information content (AvgIpc) is 2.73. The zero-order valence-corrected chi connectivity index (χ0v) is 15.9. The maximum absolute atomic E-state index is 14.1. The SMILES string of the molecule is O=S(=O)(c1ccc(F)c2ccccc12)N1CCOC(COc2ccccc2)C1. The number of nitrogens with zero attached hydrogens (tertiary/aromatic N) is 1. The van der Waals surface area contributed by atoms with E-state index in [1.165, 1.54) is 16.4 Å². The quantitative estimate of drug-likeness (QED) is 0.657. The molecule has 0 radical (unpaired) electrons. The van der Waals surface area contributed by atoms with Crippen molar-refractivity contribution in [3.05, 3.63) is 72.5 Å². The Morgan fingerprint density at radius 1 is 1.00 bits per heavy atom. The third-order valence-corrected chi connectivity index (χ3v) is 6.65. The first-order valence-corrected chi connectivity index (χ1v) is 10.5.